The topological polar surface area (TPSA) is 0 Å². The van der Waals surface area contributed by atoms with Gasteiger partial charge >= 0.3 is 106 Å². The van der Waals surface area contributed by atoms with Crippen molar-refractivity contribution in [1.82, 2.24) is 0 Å². The Kier molecular flexibility index (Phi) is 4.65. The van der Waals surface area contributed by atoms with Crippen molar-refractivity contribution in [2.45, 2.75) is 21.2 Å². The fraction of sp³-hybridized carbons (Fsp3) is 0.333. The summed E-state index contributed by atoms with van der Waals surface area (Å²) < 4.78 is 67.9. The molecule has 0 aliphatic rings. The molecular formula is C12H11F5Sn. The van der Waals surface area contributed by atoms with Gasteiger partial charge in [0.05, 0.1) is 0 Å². The Hall–Kier alpha value is -0.771. The summed E-state index contributed by atoms with van der Waals surface area (Å²) >= 11 is -2.44. The van der Waals surface area contributed by atoms with E-state index >= 15 is 0 Å². The van der Waals surface area contributed by atoms with Crippen LogP contribution in [0.5, 0.6) is 0 Å². The zero-order valence-electron chi connectivity index (χ0n) is 10.1. The molecule has 1 aromatic carbocycles. The van der Waals surface area contributed by atoms with Crippen LogP contribution in [-0.2, 0) is 6.42 Å². The molecule has 98 valence electrons. The molecule has 0 spiro atoms. The van der Waals surface area contributed by atoms with Crippen molar-refractivity contribution in [3.8, 4) is 9.86 Å². The Morgan fingerprint density at radius 2 is 1.17 bits per heavy atom. The van der Waals surface area contributed by atoms with Crippen LogP contribution < -0.4 is 0 Å². The number of hydrogen-bond acceptors (Lipinski definition) is 0. The molecule has 0 bridgehead atoms. The molecular weight excluding hydrogens is 358 g/mol. The first-order valence-corrected chi connectivity index (χ1v) is 15.1. The molecule has 0 N–H and O–H groups in total. The van der Waals surface area contributed by atoms with Crippen LogP contribution >= 0.6 is 0 Å². The molecule has 0 aromatic heterocycles. The van der Waals surface area contributed by atoms with Gasteiger partial charge in [-0.25, -0.2) is 0 Å². The van der Waals surface area contributed by atoms with E-state index in [9.17, 15) is 22.0 Å². The van der Waals surface area contributed by atoms with Crippen LogP contribution in [0.25, 0.3) is 0 Å². The monoisotopic (exact) mass is 370 g/mol. The SMILES string of the molecule is [CH3][Sn]([CH3])([CH3])[C]#CCc1c(F)c(F)c(F)c(F)c1F. The van der Waals surface area contributed by atoms with Crippen LogP contribution in [0.2, 0.25) is 14.8 Å². The predicted molar refractivity (Wildman–Crippen MR) is 61.1 cm³/mol. The van der Waals surface area contributed by atoms with E-state index in [1.807, 2.05) is 14.8 Å². The van der Waals surface area contributed by atoms with Gasteiger partial charge in [-0.05, 0) is 0 Å². The number of benzene rings is 1. The third-order valence-corrected chi connectivity index (χ3v) is 4.67. The number of hydrogen-bond donors (Lipinski definition) is 0. The second kappa shape index (κ2) is 5.47. The number of rotatable bonds is 1. The molecule has 0 radical (unpaired) electrons. The average molecular weight is 369 g/mol. The van der Waals surface area contributed by atoms with Crippen molar-refractivity contribution >= 4 is 18.4 Å². The van der Waals surface area contributed by atoms with Crippen LogP contribution in [0.1, 0.15) is 5.56 Å². The molecule has 0 unspecified atom stereocenters. The Balaban J connectivity index is 3.22. The molecule has 1 rings (SSSR count). The molecule has 0 aliphatic heterocycles. The average Bonchev–Trinajstić information content (AvgIpc) is 2.27. The quantitative estimate of drug-likeness (QED) is 0.232. The van der Waals surface area contributed by atoms with E-state index in [1.54, 1.807) is 0 Å². The fourth-order valence-electron chi connectivity index (χ4n) is 1.20. The number of halogens is 5. The standard InChI is InChI=1S/C9H2F5.3CH3.Sn/c1-2-3-4-5(10)7(12)9(14)8(13)6(4)11;;;;/h3H2;3*1H3;. The van der Waals surface area contributed by atoms with Gasteiger partial charge in [0.2, 0.25) is 0 Å². The van der Waals surface area contributed by atoms with Gasteiger partial charge in [0.1, 0.15) is 0 Å². The molecule has 1 aromatic rings. The third kappa shape index (κ3) is 3.37. The van der Waals surface area contributed by atoms with Crippen LogP contribution in [0.15, 0.2) is 0 Å². The van der Waals surface area contributed by atoms with E-state index < -0.39 is 59.4 Å². The molecule has 0 fully saturated rings. The zero-order chi connectivity index (χ0) is 14.1. The van der Waals surface area contributed by atoms with Gasteiger partial charge in [-0.1, -0.05) is 0 Å². The molecule has 0 amide bonds. The van der Waals surface area contributed by atoms with Crippen molar-refractivity contribution < 1.29 is 22.0 Å². The van der Waals surface area contributed by atoms with E-state index in [0.717, 1.165) is 0 Å². The minimum absolute atomic E-state index is 0.472. The van der Waals surface area contributed by atoms with E-state index in [4.69, 9.17) is 0 Å². The van der Waals surface area contributed by atoms with E-state index in [2.05, 4.69) is 9.86 Å². The van der Waals surface area contributed by atoms with Crippen molar-refractivity contribution in [2.75, 3.05) is 0 Å². The summed E-state index contributed by atoms with van der Waals surface area (Å²) in [5.41, 5.74) is -0.866. The van der Waals surface area contributed by atoms with Gasteiger partial charge < -0.3 is 0 Å². The first-order valence-electron chi connectivity index (χ1n) is 5.15. The van der Waals surface area contributed by atoms with Gasteiger partial charge in [-0.2, -0.15) is 0 Å². The minimum atomic E-state index is -2.44. The first-order chi connectivity index (χ1) is 8.15. The fourth-order valence-corrected chi connectivity index (χ4v) is 2.97. The Labute approximate surface area is 106 Å². The molecule has 0 atom stereocenters. The third-order valence-electron chi connectivity index (χ3n) is 2.03. The van der Waals surface area contributed by atoms with Gasteiger partial charge in [-0.3, -0.25) is 0 Å². The van der Waals surface area contributed by atoms with Crippen molar-refractivity contribution in [1.29, 1.82) is 0 Å². The summed E-state index contributed by atoms with van der Waals surface area (Å²) in [6.45, 7) is 0. The summed E-state index contributed by atoms with van der Waals surface area (Å²) in [5.74, 6) is -7.09. The summed E-state index contributed by atoms with van der Waals surface area (Å²) in [4.78, 5) is 5.92. The summed E-state index contributed by atoms with van der Waals surface area (Å²) in [5, 5.41) is 0. The summed E-state index contributed by atoms with van der Waals surface area (Å²) in [6.07, 6.45) is -0.472. The van der Waals surface area contributed by atoms with Crippen LogP contribution in [0.4, 0.5) is 22.0 Å². The maximum absolute atomic E-state index is 13.3. The Bertz CT molecular complexity index is 505. The van der Waals surface area contributed by atoms with Crippen molar-refractivity contribution in [3.05, 3.63) is 34.6 Å². The molecule has 0 nitrogen and oxygen atoms in total. The second-order valence-electron chi connectivity index (χ2n) is 4.78. The maximum atomic E-state index is 13.3. The molecule has 6 heteroatoms. The summed E-state index contributed by atoms with van der Waals surface area (Å²) in [6, 6.07) is 0. The predicted octanol–water partition coefficient (Wildman–Crippen LogP) is 3.81. The van der Waals surface area contributed by atoms with Gasteiger partial charge in [-0.15, -0.1) is 0 Å². The zero-order valence-corrected chi connectivity index (χ0v) is 13.0. The Morgan fingerprint density at radius 3 is 1.56 bits per heavy atom. The molecule has 18 heavy (non-hydrogen) atoms. The second-order valence-corrected chi connectivity index (χ2v) is 18.3. The van der Waals surface area contributed by atoms with Gasteiger partial charge in [0, 0.05) is 0 Å². The Morgan fingerprint density at radius 1 is 0.778 bits per heavy atom. The van der Waals surface area contributed by atoms with Crippen molar-refractivity contribution in [2.24, 2.45) is 0 Å². The molecule has 0 heterocycles. The normalized spacial score (nSPS) is 11.1. The van der Waals surface area contributed by atoms with Crippen LogP contribution in [0.3, 0.4) is 0 Å². The van der Waals surface area contributed by atoms with Crippen molar-refractivity contribution in [3.63, 3.8) is 0 Å². The van der Waals surface area contributed by atoms with E-state index in [-0.39, 0.29) is 0 Å². The summed E-state index contributed by atoms with van der Waals surface area (Å²) in [7, 11) is 0. The molecule has 0 saturated heterocycles. The van der Waals surface area contributed by atoms with Gasteiger partial charge in [0.25, 0.3) is 0 Å². The first kappa shape index (κ1) is 15.3. The van der Waals surface area contributed by atoms with Gasteiger partial charge in [0.15, 0.2) is 0 Å². The van der Waals surface area contributed by atoms with E-state index in [1.165, 1.54) is 0 Å². The molecule has 0 aliphatic carbocycles. The van der Waals surface area contributed by atoms with Crippen LogP contribution in [0, 0.1) is 38.9 Å². The van der Waals surface area contributed by atoms with Crippen LogP contribution in [-0.4, -0.2) is 18.4 Å². The van der Waals surface area contributed by atoms with E-state index in [0.29, 0.717) is 0 Å². The molecule has 0 saturated carbocycles.